The highest BCUT2D eigenvalue weighted by Gasteiger charge is 2.30. The number of aliphatic imine (C=N–C) groups is 1. The van der Waals surface area contributed by atoms with Crippen molar-refractivity contribution in [3.05, 3.63) is 85.5 Å². The number of nitrogens with zero attached hydrogens (tertiary/aromatic N) is 2. The average Bonchev–Trinajstić information content (AvgIpc) is 3.23. The van der Waals surface area contributed by atoms with Crippen LogP contribution in [0.4, 0.5) is 5.69 Å². The number of pyridine rings is 1. The summed E-state index contributed by atoms with van der Waals surface area (Å²) in [6.45, 7) is 1.97. The van der Waals surface area contributed by atoms with Crippen LogP contribution in [-0.4, -0.2) is 28.5 Å². The van der Waals surface area contributed by atoms with Crippen LogP contribution in [-0.2, 0) is 17.6 Å². The van der Waals surface area contributed by atoms with Crippen LogP contribution in [0.1, 0.15) is 46.1 Å². The fraction of sp³-hybridized carbons (Fsp3) is 0.222. The normalized spacial score (nSPS) is 13.3. The number of rotatable bonds is 5. The van der Waals surface area contributed by atoms with Gasteiger partial charge in [0.1, 0.15) is 5.00 Å². The first-order valence-corrected chi connectivity index (χ1v) is 12.7. The lowest BCUT2D eigenvalue weighted by molar-refractivity contribution is 0.0525. The number of esters is 1. The molecule has 1 aliphatic carbocycles. The monoisotopic (exact) mass is 506 g/mol. The van der Waals surface area contributed by atoms with E-state index in [1.54, 1.807) is 55.5 Å². The Bertz CT molecular complexity index is 1540. The first-order chi connectivity index (χ1) is 17.0. The van der Waals surface area contributed by atoms with Crippen LogP contribution in [0.15, 0.2) is 58.3 Å². The van der Waals surface area contributed by atoms with Gasteiger partial charge in [0.2, 0.25) is 5.88 Å². The lowest BCUT2D eigenvalue weighted by Gasteiger charge is -2.15. The van der Waals surface area contributed by atoms with E-state index >= 15 is 0 Å². The number of aromatic nitrogens is 1. The van der Waals surface area contributed by atoms with Crippen molar-refractivity contribution in [2.45, 2.75) is 32.6 Å². The predicted molar refractivity (Wildman–Crippen MR) is 140 cm³/mol. The van der Waals surface area contributed by atoms with E-state index in [0.29, 0.717) is 37.6 Å². The summed E-state index contributed by atoms with van der Waals surface area (Å²) in [4.78, 5) is 32.2. The number of aromatic hydroxyl groups is 1. The molecule has 0 unspecified atom stereocenters. The molecule has 2 aromatic heterocycles. The van der Waals surface area contributed by atoms with Crippen LogP contribution in [0.3, 0.4) is 0 Å². The summed E-state index contributed by atoms with van der Waals surface area (Å²) in [6.07, 6.45) is 5.08. The van der Waals surface area contributed by atoms with Gasteiger partial charge in [0.25, 0.3) is 5.56 Å². The van der Waals surface area contributed by atoms with Crippen molar-refractivity contribution in [2.24, 2.45) is 4.99 Å². The maximum Gasteiger partial charge on any atom is 0.341 e. The van der Waals surface area contributed by atoms with Crippen molar-refractivity contribution < 1.29 is 14.6 Å². The van der Waals surface area contributed by atoms with E-state index < -0.39 is 11.5 Å². The Kier molecular flexibility index (Phi) is 6.45. The molecule has 178 valence electrons. The predicted octanol–water partition coefficient (Wildman–Crippen LogP) is 6.22. The van der Waals surface area contributed by atoms with Crippen molar-refractivity contribution in [3.8, 4) is 10.9 Å². The highest BCUT2D eigenvalue weighted by Crippen LogP contribution is 2.39. The number of aryl methyl sites for hydroxylation is 1. The molecule has 0 spiro atoms. The van der Waals surface area contributed by atoms with Crippen molar-refractivity contribution in [1.82, 2.24) is 4.57 Å². The Hall–Kier alpha value is -3.42. The molecule has 6 nitrogen and oxygen atoms in total. The fourth-order valence-electron chi connectivity index (χ4n) is 4.50. The highest BCUT2D eigenvalue weighted by atomic mass is 35.5. The van der Waals surface area contributed by atoms with Crippen molar-refractivity contribution in [2.75, 3.05) is 6.61 Å². The Morgan fingerprint density at radius 1 is 1.17 bits per heavy atom. The first kappa shape index (κ1) is 23.3. The minimum Gasteiger partial charge on any atom is -0.494 e. The van der Waals surface area contributed by atoms with Crippen LogP contribution < -0.4 is 5.56 Å². The van der Waals surface area contributed by atoms with Gasteiger partial charge in [0.05, 0.1) is 23.4 Å². The summed E-state index contributed by atoms with van der Waals surface area (Å²) in [7, 11) is 0. The number of hydrogen-bond acceptors (Lipinski definition) is 6. The van der Waals surface area contributed by atoms with Gasteiger partial charge < -0.3 is 9.84 Å². The molecule has 35 heavy (non-hydrogen) atoms. The smallest absolute Gasteiger partial charge is 0.341 e. The molecule has 4 aromatic rings. The van der Waals surface area contributed by atoms with Crippen LogP contribution in [0, 0.1) is 0 Å². The summed E-state index contributed by atoms with van der Waals surface area (Å²) in [5, 5.41) is 13.4. The molecular formula is C27H23ClN2O4S. The van der Waals surface area contributed by atoms with E-state index in [2.05, 4.69) is 4.99 Å². The number of halogens is 1. The Morgan fingerprint density at radius 2 is 1.94 bits per heavy atom. The number of hydrogen-bond donors (Lipinski definition) is 1. The number of fused-ring (bicyclic) bond motifs is 2. The maximum atomic E-state index is 13.7. The van der Waals surface area contributed by atoms with E-state index in [9.17, 15) is 14.7 Å². The van der Waals surface area contributed by atoms with Gasteiger partial charge in [0, 0.05) is 26.9 Å². The van der Waals surface area contributed by atoms with Crippen molar-refractivity contribution >= 4 is 51.6 Å². The van der Waals surface area contributed by atoms with Crippen molar-refractivity contribution in [3.63, 3.8) is 0 Å². The molecule has 0 amide bonds. The molecule has 1 N–H and O–H groups in total. The summed E-state index contributed by atoms with van der Waals surface area (Å²) in [5.41, 5.74) is 1.88. The molecular weight excluding hydrogens is 484 g/mol. The summed E-state index contributed by atoms with van der Waals surface area (Å²) in [6, 6.07) is 14.1. The minimum absolute atomic E-state index is 0.221. The Morgan fingerprint density at radius 3 is 2.71 bits per heavy atom. The van der Waals surface area contributed by atoms with Crippen molar-refractivity contribution in [1.29, 1.82) is 0 Å². The molecule has 0 bridgehead atoms. The summed E-state index contributed by atoms with van der Waals surface area (Å²) < 4.78 is 6.59. The zero-order chi connectivity index (χ0) is 24.5. The fourth-order valence-corrected chi connectivity index (χ4v) is 6.06. The van der Waals surface area contributed by atoms with E-state index in [0.717, 1.165) is 36.1 Å². The van der Waals surface area contributed by atoms with Gasteiger partial charge in [-0.25, -0.2) is 9.36 Å². The average molecular weight is 507 g/mol. The third-order valence-corrected chi connectivity index (χ3v) is 7.60. The molecule has 0 atom stereocenters. The molecule has 0 saturated heterocycles. The van der Waals surface area contributed by atoms with Gasteiger partial charge in [-0.1, -0.05) is 35.9 Å². The molecule has 2 heterocycles. The standard InChI is InChI=1S/C27H23ClN2O4S/c1-2-34-27(33)23-20-12-5-6-13-22(20)35-26(23)30-24(31)19-11-4-3-10-18(19)21(25(30)32)15-29-17-9-7-8-16(28)14-17/h3-4,7-11,14-15,32H,2,5-6,12-13H2,1H3. The summed E-state index contributed by atoms with van der Waals surface area (Å²) in [5.74, 6) is -0.751. The number of thiophene rings is 1. The van der Waals surface area contributed by atoms with Gasteiger partial charge in [0.15, 0.2) is 0 Å². The molecule has 8 heteroatoms. The van der Waals surface area contributed by atoms with Gasteiger partial charge in [-0.05, 0) is 62.4 Å². The number of benzene rings is 2. The van der Waals surface area contributed by atoms with Crippen LogP contribution in [0.25, 0.3) is 15.8 Å². The Labute approximate surface area is 211 Å². The zero-order valence-electron chi connectivity index (χ0n) is 19.1. The molecule has 0 aliphatic heterocycles. The summed E-state index contributed by atoms with van der Waals surface area (Å²) >= 11 is 7.46. The second-order valence-electron chi connectivity index (χ2n) is 8.27. The highest BCUT2D eigenvalue weighted by molar-refractivity contribution is 7.15. The minimum atomic E-state index is -0.476. The molecule has 5 rings (SSSR count). The van der Waals surface area contributed by atoms with Crippen LogP contribution in [0.5, 0.6) is 5.88 Å². The van der Waals surface area contributed by atoms with E-state index in [4.69, 9.17) is 16.3 Å². The van der Waals surface area contributed by atoms with Gasteiger partial charge in [-0.2, -0.15) is 0 Å². The lowest BCUT2D eigenvalue weighted by Crippen LogP contribution is -2.22. The largest absolute Gasteiger partial charge is 0.494 e. The molecule has 1 aliphatic rings. The number of carbonyl (C=O) groups is 1. The maximum absolute atomic E-state index is 13.7. The molecule has 0 saturated carbocycles. The third kappa shape index (κ3) is 4.26. The van der Waals surface area contributed by atoms with E-state index in [1.165, 1.54) is 22.1 Å². The van der Waals surface area contributed by atoms with E-state index in [1.807, 2.05) is 0 Å². The number of carbonyl (C=O) groups excluding carboxylic acids is 1. The lowest BCUT2D eigenvalue weighted by atomic mass is 9.95. The second-order valence-corrected chi connectivity index (χ2v) is 9.79. The van der Waals surface area contributed by atoms with Gasteiger partial charge in [-0.3, -0.25) is 9.79 Å². The molecule has 2 aromatic carbocycles. The quantitative estimate of drug-likeness (QED) is 0.257. The molecule has 0 radical (unpaired) electrons. The van der Waals surface area contributed by atoms with Gasteiger partial charge >= 0.3 is 5.97 Å². The van der Waals surface area contributed by atoms with Crippen LogP contribution >= 0.6 is 22.9 Å². The topological polar surface area (TPSA) is 80.9 Å². The first-order valence-electron chi connectivity index (χ1n) is 11.5. The van der Waals surface area contributed by atoms with E-state index in [-0.39, 0.29) is 12.5 Å². The number of ether oxygens (including phenoxy) is 1. The SMILES string of the molecule is CCOC(=O)c1c(-n2c(O)c(C=Nc3cccc(Cl)c3)c3ccccc3c2=O)sc2c1CCCC2. The zero-order valence-corrected chi connectivity index (χ0v) is 20.7. The van der Waals surface area contributed by atoms with Gasteiger partial charge in [-0.15, -0.1) is 11.3 Å². The second kappa shape index (κ2) is 9.68. The molecule has 0 fully saturated rings. The van der Waals surface area contributed by atoms with Crippen LogP contribution in [0.2, 0.25) is 5.02 Å². The third-order valence-electron chi connectivity index (χ3n) is 6.09. The Balaban J connectivity index is 1.78.